The van der Waals surface area contributed by atoms with Crippen LogP contribution in [0, 0.1) is 16.1 Å². The van der Waals surface area contributed by atoms with Crippen LogP contribution in [0.3, 0.4) is 0 Å². The molecule has 0 aliphatic carbocycles. The van der Waals surface area contributed by atoms with Crippen LogP contribution in [0.2, 0.25) is 0 Å². The fourth-order valence-electron chi connectivity index (χ4n) is 1.40. The third-order valence-electron chi connectivity index (χ3n) is 2.24. The molecule has 0 saturated heterocycles. The maximum absolute atomic E-state index is 13.2. The van der Waals surface area contributed by atoms with E-state index in [1.165, 1.54) is 24.4 Å². The highest BCUT2D eigenvalue weighted by Crippen LogP contribution is 2.17. The van der Waals surface area contributed by atoms with Crippen LogP contribution < -0.4 is 4.74 Å². The molecule has 2 rings (SSSR count). The monoisotopic (exact) mass is 248 g/mol. The number of rotatable bonds is 4. The number of aromatic nitrogens is 1. The van der Waals surface area contributed by atoms with Gasteiger partial charge >= 0.3 is 0 Å². The molecule has 1 aromatic heterocycles. The first kappa shape index (κ1) is 12.0. The topological polar surface area (TPSA) is 65.3 Å². The van der Waals surface area contributed by atoms with Crippen molar-refractivity contribution < 1.29 is 14.1 Å². The van der Waals surface area contributed by atoms with Crippen molar-refractivity contribution >= 4 is 5.69 Å². The molecule has 0 unspecified atom stereocenters. The molecular formula is C12H9FN2O3. The number of nitro groups is 1. The van der Waals surface area contributed by atoms with E-state index in [1.54, 1.807) is 18.2 Å². The molecule has 92 valence electrons. The molecular weight excluding hydrogens is 239 g/mol. The van der Waals surface area contributed by atoms with E-state index < -0.39 is 10.9 Å². The number of nitrogens with zero attached hydrogens (tertiary/aromatic N) is 2. The Labute approximate surface area is 102 Å². The Morgan fingerprint density at radius 3 is 2.89 bits per heavy atom. The molecule has 6 heteroatoms. The van der Waals surface area contributed by atoms with Crippen LogP contribution >= 0.6 is 0 Å². The molecule has 5 nitrogen and oxygen atoms in total. The lowest BCUT2D eigenvalue weighted by atomic mass is 10.2. The zero-order valence-electron chi connectivity index (χ0n) is 9.25. The van der Waals surface area contributed by atoms with Crippen LogP contribution in [-0.4, -0.2) is 9.91 Å². The lowest BCUT2D eigenvalue weighted by Crippen LogP contribution is -1.99. The standard InChI is InChI=1S/C12H9FN2O3/c13-12-11(5-2-6-14-12)18-8-9-3-1-4-10(7-9)15(16)17/h1-7H,8H2. The molecule has 0 N–H and O–H groups in total. The number of ether oxygens (including phenoxy) is 1. The SMILES string of the molecule is O=[N+]([O-])c1cccc(COc2cccnc2F)c1. The van der Waals surface area contributed by atoms with Gasteiger partial charge in [-0.1, -0.05) is 12.1 Å². The number of hydrogen-bond acceptors (Lipinski definition) is 4. The summed E-state index contributed by atoms with van der Waals surface area (Å²) >= 11 is 0. The second-order valence-electron chi connectivity index (χ2n) is 3.51. The maximum atomic E-state index is 13.2. The fraction of sp³-hybridized carbons (Fsp3) is 0.0833. The van der Waals surface area contributed by atoms with E-state index in [0.29, 0.717) is 5.56 Å². The van der Waals surface area contributed by atoms with E-state index in [0.717, 1.165) is 0 Å². The Bertz CT molecular complexity index is 575. The van der Waals surface area contributed by atoms with Gasteiger partial charge in [0.05, 0.1) is 4.92 Å². The van der Waals surface area contributed by atoms with Crippen LogP contribution in [-0.2, 0) is 6.61 Å². The van der Waals surface area contributed by atoms with E-state index in [9.17, 15) is 14.5 Å². The van der Waals surface area contributed by atoms with Crippen molar-refractivity contribution in [3.63, 3.8) is 0 Å². The molecule has 0 saturated carbocycles. The molecule has 0 amide bonds. The molecule has 0 aliphatic rings. The summed E-state index contributed by atoms with van der Waals surface area (Å²) < 4.78 is 18.4. The smallest absolute Gasteiger partial charge is 0.269 e. The predicted molar refractivity (Wildman–Crippen MR) is 61.6 cm³/mol. The second kappa shape index (κ2) is 5.22. The molecule has 2 aromatic rings. The molecule has 1 aromatic carbocycles. The van der Waals surface area contributed by atoms with Crippen molar-refractivity contribution in [2.75, 3.05) is 0 Å². The molecule has 0 atom stereocenters. The average molecular weight is 248 g/mol. The van der Waals surface area contributed by atoms with E-state index in [-0.39, 0.29) is 18.0 Å². The summed E-state index contributed by atoms with van der Waals surface area (Å²) in [4.78, 5) is 13.5. The van der Waals surface area contributed by atoms with Gasteiger partial charge in [0.2, 0.25) is 0 Å². The quantitative estimate of drug-likeness (QED) is 0.474. The Balaban J connectivity index is 2.09. The first-order valence-electron chi connectivity index (χ1n) is 5.13. The summed E-state index contributed by atoms with van der Waals surface area (Å²) in [5.74, 6) is -0.688. The number of nitro benzene ring substituents is 1. The number of non-ortho nitro benzene ring substituents is 1. The van der Waals surface area contributed by atoms with Crippen LogP contribution in [0.4, 0.5) is 10.1 Å². The van der Waals surface area contributed by atoms with Gasteiger partial charge in [0, 0.05) is 18.3 Å². The summed E-state index contributed by atoms with van der Waals surface area (Å²) in [6.07, 6.45) is 1.32. The molecule has 0 spiro atoms. The number of benzene rings is 1. The van der Waals surface area contributed by atoms with Gasteiger partial charge in [-0.05, 0) is 17.7 Å². The molecule has 18 heavy (non-hydrogen) atoms. The van der Waals surface area contributed by atoms with E-state index >= 15 is 0 Å². The maximum Gasteiger partial charge on any atom is 0.269 e. The lowest BCUT2D eigenvalue weighted by Gasteiger charge is -2.06. The molecule has 0 fully saturated rings. The van der Waals surface area contributed by atoms with Gasteiger partial charge in [0.1, 0.15) is 6.61 Å². The van der Waals surface area contributed by atoms with E-state index in [2.05, 4.69) is 4.98 Å². The Hall–Kier alpha value is -2.50. The Kier molecular flexibility index (Phi) is 3.47. The molecule has 0 aliphatic heterocycles. The predicted octanol–water partition coefficient (Wildman–Crippen LogP) is 2.71. The lowest BCUT2D eigenvalue weighted by molar-refractivity contribution is -0.384. The zero-order valence-corrected chi connectivity index (χ0v) is 9.25. The van der Waals surface area contributed by atoms with Crippen molar-refractivity contribution in [2.45, 2.75) is 6.61 Å². The number of hydrogen-bond donors (Lipinski definition) is 0. The normalized spacial score (nSPS) is 10.1. The second-order valence-corrected chi connectivity index (χ2v) is 3.51. The third kappa shape index (κ3) is 2.79. The summed E-state index contributed by atoms with van der Waals surface area (Å²) in [6, 6.07) is 8.98. The fourth-order valence-corrected chi connectivity index (χ4v) is 1.40. The Morgan fingerprint density at radius 1 is 1.33 bits per heavy atom. The Morgan fingerprint density at radius 2 is 2.17 bits per heavy atom. The van der Waals surface area contributed by atoms with Gasteiger partial charge in [-0.3, -0.25) is 10.1 Å². The van der Waals surface area contributed by atoms with Gasteiger partial charge in [-0.25, -0.2) is 4.98 Å². The molecule has 0 bridgehead atoms. The third-order valence-corrected chi connectivity index (χ3v) is 2.24. The van der Waals surface area contributed by atoms with Gasteiger partial charge in [0.25, 0.3) is 11.6 Å². The van der Waals surface area contributed by atoms with Crippen LogP contribution in [0.5, 0.6) is 5.75 Å². The van der Waals surface area contributed by atoms with Crippen LogP contribution in [0.15, 0.2) is 42.6 Å². The summed E-state index contributed by atoms with van der Waals surface area (Å²) in [5, 5.41) is 10.6. The molecule has 0 radical (unpaired) electrons. The average Bonchev–Trinajstić information content (AvgIpc) is 2.38. The largest absolute Gasteiger partial charge is 0.484 e. The summed E-state index contributed by atoms with van der Waals surface area (Å²) in [5.41, 5.74) is 0.565. The van der Waals surface area contributed by atoms with Crippen molar-refractivity contribution in [1.29, 1.82) is 0 Å². The number of halogens is 1. The highest BCUT2D eigenvalue weighted by Gasteiger charge is 2.07. The van der Waals surface area contributed by atoms with Crippen molar-refractivity contribution in [3.05, 3.63) is 64.2 Å². The summed E-state index contributed by atoms with van der Waals surface area (Å²) in [7, 11) is 0. The highest BCUT2D eigenvalue weighted by molar-refractivity contribution is 5.34. The highest BCUT2D eigenvalue weighted by atomic mass is 19.1. The molecule has 1 heterocycles. The van der Waals surface area contributed by atoms with E-state index in [1.807, 2.05) is 0 Å². The first-order chi connectivity index (χ1) is 8.66. The van der Waals surface area contributed by atoms with Gasteiger partial charge < -0.3 is 4.74 Å². The van der Waals surface area contributed by atoms with Crippen LogP contribution in [0.25, 0.3) is 0 Å². The van der Waals surface area contributed by atoms with Crippen molar-refractivity contribution in [1.82, 2.24) is 4.98 Å². The van der Waals surface area contributed by atoms with Crippen molar-refractivity contribution in [3.8, 4) is 5.75 Å². The van der Waals surface area contributed by atoms with Crippen molar-refractivity contribution in [2.24, 2.45) is 0 Å². The van der Waals surface area contributed by atoms with Crippen LogP contribution in [0.1, 0.15) is 5.56 Å². The summed E-state index contributed by atoms with van der Waals surface area (Å²) in [6.45, 7) is 0.0459. The number of pyridine rings is 1. The van der Waals surface area contributed by atoms with Gasteiger partial charge in [-0.15, -0.1) is 0 Å². The van der Waals surface area contributed by atoms with Gasteiger partial charge in [-0.2, -0.15) is 4.39 Å². The van der Waals surface area contributed by atoms with Gasteiger partial charge in [0.15, 0.2) is 5.75 Å². The van der Waals surface area contributed by atoms with E-state index in [4.69, 9.17) is 4.74 Å². The minimum Gasteiger partial charge on any atom is -0.484 e. The minimum atomic E-state index is -0.706. The minimum absolute atomic E-state index is 0.0176. The zero-order chi connectivity index (χ0) is 13.0. The first-order valence-corrected chi connectivity index (χ1v) is 5.13.